The summed E-state index contributed by atoms with van der Waals surface area (Å²) in [5.41, 5.74) is 2.11. The summed E-state index contributed by atoms with van der Waals surface area (Å²) < 4.78 is 12.5. The lowest BCUT2D eigenvalue weighted by Crippen LogP contribution is -2.30. The Labute approximate surface area is 186 Å². The van der Waals surface area contributed by atoms with Gasteiger partial charge in [-0.2, -0.15) is 0 Å². The minimum atomic E-state index is -0.164. The number of nitrogens with zero attached hydrogens (tertiary/aromatic N) is 3. The van der Waals surface area contributed by atoms with E-state index in [0.29, 0.717) is 34.3 Å². The SMILES string of the molecule is COc1ccc(OC)c2sc(N(Cc3cccnc3)C(=O)c3ccccc3Br)nc12. The zero-order chi connectivity index (χ0) is 21.1. The van der Waals surface area contributed by atoms with Crippen molar-refractivity contribution in [2.75, 3.05) is 19.1 Å². The number of fused-ring (bicyclic) bond motifs is 1. The van der Waals surface area contributed by atoms with Crippen molar-refractivity contribution in [1.82, 2.24) is 9.97 Å². The van der Waals surface area contributed by atoms with Crippen molar-refractivity contribution in [3.8, 4) is 11.5 Å². The summed E-state index contributed by atoms with van der Waals surface area (Å²) in [6.07, 6.45) is 3.45. The predicted octanol–water partition coefficient (Wildman–Crippen LogP) is 5.32. The fourth-order valence-corrected chi connectivity index (χ4v) is 4.60. The van der Waals surface area contributed by atoms with E-state index in [1.165, 1.54) is 11.3 Å². The Hall–Kier alpha value is -2.97. The number of hydrogen-bond donors (Lipinski definition) is 0. The highest BCUT2D eigenvalue weighted by Gasteiger charge is 2.25. The number of carbonyl (C=O) groups is 1. The maximum atomic E-state index is 13.5. The van der Waals surface area contributed by atoms with Gasteiger partial charge in [0.1, 0.15) is 21.7 Å². The number of aromatic nitrogens is 2. The van der Waals surface area contributed by atoms with Gasteiger partial charge in [-0.05, 0) is 51.8 Å². The van der Waals surface area contributed by atoms with Gasteiger partial charge >= 0.3 is 0 Å². The molecule has 0 radical (unpaired) electrons. The van der Waals surface area contributed by atoms with Crippen molar-refractivity contribution in [3.63, 3.8) is 0 Å². The van der Waals surface area contributed by atoms with Crippen LogP contribution in [-0.4, -0.2) is 30.1 Å². The standard InChI is InChI=1S/C22H18BrN3O3S/c1-28-17-9-10-18(29-2)20-19(17)25-22(30-20)26(13-14-6-5-11-24-12-14)21(27)15-7-3-4-8-16(15)23/h3-12H,13H2,1-2H3. The van der Waals surface area contributed by atoms with Gasteiger partial charge in [-0.1, -0.05) is 29.5 Å². The van der Waals surface area contributed by atoms with E-state index < -0.39 is 0 Å². The Balaban J connectivity index is 1.85. The monoisotopic (exact) mass is 483 g/mol. The van der Waals surface area contributed by atoms with Crippen LogP contribution >= 0.6 is 27.3 Å². The van der Waals surface area contributed by atoms with Crippen LogP contribution < -0.4 is 14.4 Å². The van der Waals surface area contributed by atoms with Crippen LogP contribution in [0.15, 0.2) is 65.4 Å². The molecule has 0 bridgehead atoms. The quantitative estimate of drug-likeness (QED) is 0.371. The first-order valence-corrected chi connectivity index (χ1v) is 10.7. The van der Waals surface area contributed by atoms with E-state index in [9.17, 15) is 4.79 Å². The molecule has 4 aromatic rings. The van der Waals surface area contributed by atoms with Crippen molar-refractivity contribution in [1.29, 1.82) is 0 Å². The first-order valence-electron chi connectivity index (χ1n) is 9.09. The number of rotatable bonds is 6. The highest BCUT2D eigenvalue weighted by atomic mass is 79.9. The summed E-state index contributed by atoms with van der Waals surface area (Å²) in [6.45, 7) is 0.332. The van der Waals surface area contributed by atoms with Crippen molar-refractivity contribution < 1.29 is 14.3 Å². The molecule has 0 atom stereocenters. The number of halogens is 1. The largest absolute Gasteiger partial charge is 0.495 e. The maximum absolute atomic E-state index is 13.5. The van der Waals surface area contributed by atoms with Crippen LogP contribution in [0, 0.1) is 0 Å². The van der Waals surface area contributed by atoms with Gasteiger partial charge < -0.3 is 9.47 Å². The van der Waals surface area contributed by atoms with Crippen LogP contribution in [0.4, 0.5) is 5.13 Å². The maximum Gasteiger partial charge on any atom is 0.261 e. The third kappa shape index (κ3) is 3.88. The van der Waals surface area contributed by atoms with Gasteiger partial charge in [-0.25, -0.2) is 4.98 Å². The number of benzene rings is 2. The Bertz CT molecular complexity index is 1160. The predicted molar refractivity (Wildman–Crippen MR) is 122 cm³/mol. The van der Waals surface area contributed by atoms with Crippen molar-refractivity contribution >= 4 is 48.5 Å². The molecular formula is C22H18BrN3O3S. The number of carbonyl (C=O) groups excluding carboxylic acids is 1. The number of methoxy groups -OCH3 is 2. The number of hydrogen-bond acceptors (Lipinski definition) is 6. The van der Waals surface area contributed by atoms with Gasteiger partial charge in [0.15, 0.2) is 5.13 Å². The summed E-state index contributed by atoms with van der Waals surface area (Å²) in [5, 5.41) is 0.553. The number of pyridine rings is 1. The third-order valence-electron chi connectivity index (χ3n) is 4.54. The molecule has 8 heteroatoms. The Morgan fingerprint density at radius 3 is 2.53 bits per heavy atom. The Morgan fingerprint density at radius 2 is 1.83 bits per heavy atom. The Kier molecular flexibility index (Phi) is 5.96. The van der Waals surface area contributed by atoms with Crippen LogP contribution in [0.2, 0.25) is 0 Å². The highest BCUT2D eigenvalue weighted by Crippen LogP contribution is 2.41. The zero-order valence-corrected chi connectivity index (χ0v) is 18.7. The molecule has 0 N–H and O–H groups in total. The minimum Gasteiger partial charge on any atom is -0.495 e. The number of anilines is 1. The second-order valence-corrected chi connectivity index (χ2v) is 8.21. The van der Waals surface area contributed by atoms with Gasteiger partial charge in [0.25, 0.3) is 5.91 Å². The number of thiazole rings is 1. The van der Waals surface area contributed by atoms with Crippen LogP contribution in [-0.2, 0) is 6.54 Å². The van der Waals surface area contributed by atoms with Crippen molar-refractivity contribution in [2.45, 2.75) is 6.54 Å². The lowest BCUT2D eigenvalue weighted by molar-refractivity contribution is 0.0984. The van der Waals surface area contributed by atoms with Gasteiger partial charge in [-0.3, -0.25) is 14.7 Å². The lowest BCUT2D eigenvalue weighted by Gasteiger charge is -2.20. The van der Waals surface area contributed by atoms with E-state index in [1.807, 2.05) is 42.5 Å². The second-order valence-electron chi connectivity index (χ2n) is 6.38. The summed E-state index contributed by atoms with van der Waals surface area (Å²) in [5.74, 6) is 1.15. The van der Waals surface area contributed by atoms with Crippen molar-refractivity contribution in [3.05, 3.63) is 76.5 Å². The normalized spacial score (nSPS) is 10.8. The zero-order valence-electron chi connectivity index (χ0n) is 16.3. The minimum absolute atomic E-state index is 0.164. The number of ether oxygens (including phenoxy) is 2. The molecule has 0 saturated carbocycles. The smallest absolute Gasteiger partial charge is 0.261 e. The van der Waals surface area contributed by atoms with Crippen LogP contribution in [0.25, 0.3) is 10.2 Å². The summed E-state index contributed by atoms with van der Waals surface area (Å²) in [6, 6.07) is 14.8. The molecule has 152 valence electrons. The van der Waals surface area contributed by atoms with E-state index in [-0.39, 0.29) is 5.91 Å². The molecular weight excluding hydrogens is 466 g/mol. The molecule has 6 nitrogen and oxygen atoms in total. The third-order valence-corrected chi connectivity index (χ3v) is 6.33. The average molecular weight is 484 g/mol. The van der Waals surface area contributed by atoms with Gasteiger partial charge in [0.2, 0.25) is 0 Å². The number of amides is 1. The Morgan fingerprint density at radius 1 is 1.07 bits per heavy atom. The van der Waals surface area contributed by atoms with E-state index in [4.69, 9.17) is 14.5 Å². The van der Waals surface area contributed by atoms with Crippen LogP contribution in [0.5, 0.6) is 11.5 Å². The molecule has 0 aliphatic carbocycles. The van der Waals surface area contributed by atoms with E-state index >= 15 is 0 Å². The van der Waals surface area contributed by atoms with E-state index in [2.05, 4.69) is 20.9 Å². The fraction of sp³-hybridized carbons (Fsp3) is 0.136. The van der Waals surface area contributed by atoms with E-state index in [1.54, 1.807) is 37.6 Å². The first kappa shape index (κ1) is 20.3. The molecule has 1 amide bonds. The summed E-state index contributed by atoms with van der Waals surface area (Å²) in [4.78, 5) is 24.1. The second kappa shape index (κ2) is 8.81. The topological polar surface area (TPSA) is 64.6 Å². The molecule has 30 heavy (non-hydrogen) atoms. The van der Waals surface area contributed by atoms with Crippen LogP contribution in [0.3, 0.4) is 0 Å². The fourth-order valence-electron chi connectivity index (χ4n) is 3.07. The molecule has 0 spiro atoms. The lowest BCUT2D eigenvalue weighted by atomic mass is 10.2. The van der Waals surface area contributed by atoms with Crippen molar-refractivity contribution in [2.24, 2.45) is 0 Å². The summed E-state index contributed by atoms with van der Waals surface area (Å²) in [7, 11) is 3.21. The first-order chi connectivity index (χ1) is 14.6. The molecule has 0 aliphatic rings. The van der Waals surface area contributed by atoms with Crippen LogP contribution in [0.1, 0.15) is 15.9 Å². The van der Waals surface area contributed by atoms with Gasteiger partial charge in [-0.15, -0.1) is 0 Å². The molecule has 0 unspecified atom stereocenters. The van der Waals surface area contributed by atoms with Gasteiger partial charge in [0.05, 0.1) is 26.3 Å². The highest BCUT2D eigenvalue weighted by molar-refractivity contribution is 9.10. The molecule has 0 aliphatic heterocycles. The molecule has 4 rings (SSSR count). The molecule has 2 heterocycles. The molecule has 0 fully saturated rings. The van der Waals surface area contributed by atoms with Gasteiger partial charge in [0, 0.05) is 16.9 Å². The average Bonchev–Trinajstić information content (AvgIpc) is 3.22. The van der Waals surface area contributed by atoms with E-state index in [0.717, 1.165) is 14.7 Å². The molecule has 2 aromatic carbocycles. The summed E-state index contributed by atoms with van der Waals surface area (Å²) >= 11 is 4.87. The molecule has 2 aromatic heterocycles. The molecule has 0 saturated heterocycles.